The largest absolute Gasteiger partial charge is 0.395 e. The van der Waals surface area contributed by atoms with Crippen molar-refractivity contribution in [3.63, 3.8) is 0 Å². The molecular weight excluding hydrogens is 170 g/mol. The summed E-state index contributed by atoms with van der Waals surface area (Å²) in [5.41, 5.74) is 0. The Morgan fingerprint density at radius 2 is 1.23 bits per heavy atom. The van der Waals surface area contributed by atoms with Gasteiger partial charge in [0.2, 0.25) is 0 Å². The van der Waals surface area contributed by atoms with Crippen LogP contribution in [0, 0.1) is 0 Å². The number of hydrogen-bond acceptors (Lipinski definition) is 5. The van der Waals surface area contributed by atoms with Crippen LogP contribution in [0.2, 0.25) is 0 Å². The van der Waals surface area contributed by atoms with Crippen molar-refractivity contribution in [3.8, 4) is 0 Å². The maximum atomic E-state index is 8.15. The summed E-state index contributed by atoms with van der Waals surface area (Å²) in [6, 6.07) is 0. The van der Waals surface area contributed by atoms with Crippen LogP contribution in [0.3, 0.4) is 0 Å². The smallest absolute Gasteiger partial charge is 0.0555 e. The lowest BCUT2D eigenvalue weighted by molar-refractivity contribution is 0.267. The third-order valence-corrected chi connectivity index (χ3v) is 1.53. The fraction of sp³-hybridized carbons (Fsp3) is 1.00. The molecule has 0 saturated carbocycles. The molecule has 0 radical (unpaired) electrons. The summed E-state index contributed by atoms with van der Waals surface area (Å²) in [5.74, 6) is 0. The zero-order chi connectivity index (χ0) is 9.78. The molecule has 0 bridgehead atoms. The maximum Gasteiger partial charge on any atom is 0.0555 e. The second kappa shape index (κ2) is 11.8. The van der Waals surface area contributed by atoms with E-state index in [1.807, 2.05) is 0 Å². The quantitative estimate of drug-likeness (QED) is 0.324. The van der Waals surface area contributed by atoms with Crippen molar-refractivity contribution in [1.82, 2.24) is 16.0 Å². The van der Waals surface area contributed by atoms with Crippen molar-refractivity contribution < 1.29 is 10.2 Å². The molecule has 80 valence electrons. The van der Waals surface area contributed by atoms with Crippen LogP contribution in [-0.4, -0.2) is 62.7 Å². The maximum absolute atomic E-state index is 8.15. The van der Waals surface area contributed by atoms with E-state index in [0.717, 1.165) is 26.2 Å². The number of aliphatic hydroxyl groups excluding tert-OH is 2. The molecule has 1 rings (SSSR count). The van der Waals surface area contributed by atoms with Crippen molar-refractivity contribution >= 4 is 0 Å². The van der Waals surface area contributed by atoms with Gasteiger partial charge in [-0.3, -0.25) is 0 Å². The summed E-state index contributed by atoms with van der Waals surface area (Å²) >= 11 is 0. The summed E-state index contributed by atoms with van der Waals surface area (Å²) in [6.07, 6.45) is 0. The fourth-order valence-corrected chi connectivity index (χ4v) is 0.887. The van der Waals surface area contributed by atoms with E-state index in [-0.39, 0.29) is 13.2 Å². The standard InChI is InChI=1S/C4H10N2.C4H11NO2/c1-2-6-4-3-5-1;6-3-1-5-2-4-7/h5-6H,1-4H2;5-7H,1-4H2. The van der Waals surface area contributed by atoms with Crippen LogP contribution in [-0.2, 0) is 0 Å². The summed E-state index contributed by atoms with van der Waals surface area (Å²) in [5, 5.41) is 25.5. The van der Waals surface area contributed by atoms with E-state index in [1.54, 1.807) is 0 Å². The highest BCUT2D eigenvalue weighted by Crippen LogP contribution is 1.65. The van der Waals surface area contributed by atoms with Gasteiger partial charge in [0.05, 0.1) is 13.2 Å². The zero-order valence-electron chi connectivity index (χ0n) is 8.05. The molecule has 0 aliphatic carbocycles. The highest BCUT2D eigenvalue weighted by atomic mass is 16.3. The molecule has 5 N–H and O–H groups in total. The molecule has 1 aliphatic heterocycles. The average Bonchev–Trinajstić information content (AvgIpc) is 2.22. The molecule has 0 aromatic carbocycles. The number of nitrogens with one attached hydrogen (secondary N) is 3. The highest BCUT2D eigenvalue weighted by molar-refractivity contribution is 4.59. The molecule has 0 unspecified atom stereocenters. The summed E-state index contributed by atoms with van der Waals surface area (Å²) in [4.78, 5) is 0. The molecule has 1 aliphatic rings. The van der Waals surface area contributed by atoms with E-state index in [4.69, 9.17) is 10.2 Å². The summed E-state index contributed by atoms with van der Waals surface area (Å²) in [6.45, 7) is 5.97. The lowest BCUT2D eigenvalue weighted by Gasteiger charge is -2.11. The number of piperazine rings is 1. The molecule has 0 aromatic heterocycles. The van der Waals surface area contributed by atoms with Crippen LogP contribution in [0.1, 0.15) is 0 Å². The molecule has 0 spiro atoms. The van der Waals surface area contributed by atoms with E-state index in [0.29, 0.717) is 13.1 Å². The predicted molar refractivity (Wildman–Crippen MR) is 52.8 cm³/mol. The Hall–Kier alpha value is -0.200. The van der Waals surface area contributed by atoms with Crippen LogP contribution in [0.15, 0.2) is 0 Å². The lowest BCUT2D eigenvalue weighted by Crippen LogP contribution is -2.39. The Morgan fingerprint density at radius 1 is 0.846 bits per heavy atom. The summed E-state index contributed by atoms with van der Waals surface area (Å²) < 4.78 is 0. The molecule has 1 fully saturated rings. The monoisotopic (exact) mass is 191 g/mol. The van der Waals surface area contributed by atoms with Gasteiger partial charge in [0.1, 0.15) is 0 Å². The molecule has 0 atom stereocenters. The third kappa shape index (κ3) is 11.8. The van der Waals surface area contributed by atoms with Crippen molar-refractivity contribution in [3.05, 3.63) is 0 Å². The van der Waals surface area contributed by atoms with Crippen LogP contribution in [0.4, 0.5) is 0 Å². The van der Waals surface area contributed by atoms with Gasteiger partial charge in [0.15, 0.2) is 0 Å². The molecule has 0 aromatic rings. The van der Waals surface area contributed by atoms with E-state index in [2.05, 4.69) is 16.0 Å². The molecule has 1 saturated heterocycles. The number of aliphatic hydroxyl groups is 2. The first-order valence-corrected chi connectivity index (χ1v) is 4.75. The highest BCUT2D eigenvalue weighted by Gasteiger charge is 1.91. The Morgan fingerprint density at radius 3 is 1.46 bits per heavy atom. The van der Waals surface area contributed by atoms with Gasteiger partial charge in [0, 0.05) is 39.3 Å². The predicted octanol–water partition coefficient (Wildman–Crippen LogP) is -2.26. The molecule has 13 heavy (non-hydrogen) atoms. The minimum Gasteiger partial charge on any atom is -0.395 e. The molecule has 1 heterocycles. The molecule has 5 nitrogen and oxygen atoms in total. The Bertz CT molecular complexity index is 73.9. The lowest BCUT2D eigenvalue weighted by atomic mass is 10.4. The van der Waals surface area contributed by atoms with E-state index in [1.165, 1.54) is 0 Å². The van der Waals surface area contributed by atoms with E-state index < -0.39 is 0 Å². The van der Waals surface area contributed by atoms with Crippen LogP contribution < -0.4 is 16.0 Å². The average molecular weight is 191 g/mol. The van der Waals surface area contributed by atoms with Crippen LogP contribution in [0.25, 0.3) is 0 Å². The second-order valence-electron chi connectivity index (χ2n) is 2.70. The fourth-order valence-electron chi connectivity index (χ4n) is 0.887. The zero-order valence-corrected chi connectivity index (χ0v) is 8.05. The van der Waals surface area contributed by atoms with Gasteiger partial charge < -0.3 is 26.2 Å². The molecule has 5 heteroatoms. The first-order chi connectivity index (χ1) is 6.41. The van der Waals surface area contributed by atoms with Gasteiger partial charge >= 0.3 is 0 Å². The Kier molecular flexibility index (Phi) is 11.6. The van der Waals surface area contributed by atoms with Crippen molar-refractivity contribution in [2.75, 3.05) is 52.5 Å². The van der Waals surface area contributed by atoms with Gasteiger partial charge in [0.25, 0.3) is 0 Å². The van der Waals surface area contributed by atoms with Crippen LogP contribution in [0.5, 0.6) is 0 Å². The minimum atomic E-state index is 0.139. The first-order valence-electron chi connectivity index (χ1n) is 4.75. The molecular formula is C8H21N3O2. The SMILES string of the molecule is C1CNCCN1.OCCNCCO. The molecule has 0 amide bonds. The van der Waals surface area contributed by atoms with Gasteiger partial charge in [-0.05, 0) is 0 Å². The second-order valence-corrected chi connectivity index (χ2v) is 2.70. The number of hydrogen-bond donors (Lipinski definition) is 5. The van der Waals surface area contributed by atoms with Crippen molar-refractivity contribution in [2.24, 2.45) is 0 Å². The van der Waals surface area contributed by atoms with Gasteiger partial charge in [-0.25, -0.2) is 0 Å². The normalized spacial score (nSPS) is 16.2. The Balaban J connectivity index is 0.000000223. The number of rotatable bonds is 4. The van der Waals surface area contributed by atoms with E-state index >= 15 is 0 Å². The first kappa shape index (κ1) is 12.8. The summed E-state index contributed by atoms with van der Waals surface area (Å²) in [7, 11) is 0. The Labute approximate surface area is 79.5 Å². The topological polar surface area (TPSA) is 76.5 Å². The van der Waals surface area contributed by atoms with Crippen molar-refractivity contribution in [2.45, 2.75) is 0 Å². The van der Waals surface area contributed by atoms with Crippen molar-refractivity contribution in [1.29, 1.82) is 0 Å². The van der Waals surface area contributed by atoms with Crippen LogP contribution >= 0.6 is 0 Å². The van der Waals surface area contributed by atoms with E-state index in [9.17, 15) is 0 Å². The minimum absolute atomic E-state index is 0.139. The third-order valence-electron chi connectivity index (χ3n) is 1.53. The van der Waals surface area contributed by atoms with Gasteiger partial charge in [-0.1, -0.05) is 0 Å². The van der Waals surface area contributed by atoms with Gasteiger partial charge in [-0.15, -0.1) is 0 Å². The van der Waals surface area contributed by atoms with Gasteiger partial charge in [-0.2, -0.15) is 0 Å².